The molecule has 6 rings (SSSR count). The lowest BCUT2D eigenvalue weighted by molar-refractivity contribution is -0.134. The summed E-state index contributed by atoms with van der Waals surface area (Å²) in [6.45, 7) is 4.61. The van der Waals surface area contributed by atoms with E-state index in [0.29, 0.717) is 25.0 Å². The highest BCUT2D eigenvalue weighted by Crippen LogP contribution is 2.35. The number of nitrogens with one attached hydrogen (secondary N) is 1. The first kappa shape index (κ1) is 24.7. The molecular weight excluding hydrogens is 478 g/mol. The molecule has 1 amide bonds. The Kier molecular flexibility index (Phi) is 7.14. The summed E-state index contributed by atoms with van der Waals surface area (Å²) in [7, 11) is 1.66. The topological polar surface area (TPSA) is 83.6 Å². The van der Waals surface area contributed by atoms with Gasteiger partial charge in [-0.25, -0.2) is 4.98 Å². The minimum Gasteiger partial charge on any atom is -0.497 e. The van der Waals surface area contributed by atoms with Crippen LogP contribution in [0.25, 0.3) is 21.9 Å². The molecule has 0 bridgehead atoms. The number of aromatic amines is 1. The number of fused-ring (bicyclic) bond motifs is 3. The first-order valence-electron chi connectivity index (χ1n) is 13.7. The summed E-state index contributed by atoms with van der Waals surface area (Å²) in [4.78, 5) is 29.9. The molecule has 1 aromatic carbocycles. The first-order chi connectivity index (χ1) is 18.7. The van der Waals surface area contributed by atoms with E-state index in [9.17, 15) is 4.79 Å². The zero-order chi connectivity index (χ0) is 25.9. The molecule has 0 radical (unpaired) electrons. The van der Waals surface area contributed by atoms with Crippen molar-refractivity contribution in [2.75, 3.05) is 46.4 Å². The van der Waals surface area contributed by atoms with Crippen LogP contribution in [0.5, 0.6) is 11.5 Å². The number of aromatic nitrogens is 3. The standard InChI is InChI=1S/C30H35N5O3/c1-37-23-4-6-24(7-5-23)38-20-21-3-2-14-35(18-21)28(36)19-34-15-10-22(11-16-34)25-8-12-31-27-17-33-30-26(29(25)27)9-13-32-30/h4-9,12-13,17,21-22H,2-3,10-11,14-16,18-20H2,1H3,(H,32,33). The van der Waals surface area contributed by atoms with Gasteiger partial charge >= 0.3 is 0 Å². The molecular formula is C30H35N5O3. The van der Waals surface area contributed by atoms with Gasteiger partial charge in [-0.1, -0.05) is 0 Å². The van der Waals surface area contributed by atoms with E-state index < -0.39 is 0 Å². The Morgan fingerprint density at radius 2 is 1.84 bits per heavy atom. The lowest BCUT2D eigenvalue weighted by Crippen LogP contribution is -2.47. The van der Waals surface area contributed by atoms with Crippen LogP contribution in [0.4, 0.5) is 0 Å². The molecule has 5 heterocycles. The largest absolute Gasteiger partial charge is 0.497 e. The van der Waals surface area contributed by atoms with Crippen LogP contribution in [0.2, 0.25) is 0 Å². The van der Waals surface area contributed by atoms with Crippen LogP contribution in [0, 0.1) is 5.92 Å². The average Bonchev–Trinajstić information content (AvgIpc) is 3.46. The number of nitrogens with zero attached hydrogens (tertiary/aromatic N) is 4. The number of hydrogen-bond acceptors (Lipinski definition) is 6. The number of ether oxygens (including phenoxy) is 2. The minimum absolute atomic E-state index is 0.243. The summed E-state index contributed by atoms with van der Waals surface area (Å²) in [5.41, 5.74) is 3.20. The van der Waals surface area contributed by atoms with Crippen molar-refractivity contribution in [2.45, 2.75) is 31.6 Å². The Morgan fingerprint density at radius 1 is 1.03 bits per heavy atom. The van der Waals surface area contributed by atoms with E-state index in [1.54, 1.807) is 7.11 Å². The number of pyridine rings is 2. The third kappa shape index (κ3) is 5.18. The van der Waals surface area contributed by atoms with Crippen LogP contribution in [0.1, 0.15) is 37.2 Å². The number of carbonyl (C=O) groups is 1. The van der Waals surface area contributed by atoms with Crippen LogP contribution >= 0.6 is 0 Å². The monoisotopic (exact) mass is 513 g/mol. The highest BCUT2D eigenvalue weighted by atomic mass is 16.5. The molecule has 4 aromatic rings. The fraction of sp³-hybridized carbons (Fsp3) is 0.433. The van der Waals surface area contributed by atoms with Gasteiger partial charge in [-0.15, -0.1) is 0 Å². The molecule has 1 atom stereocenters. The molecule has 38 heavy (non-hydrogen) atoms. The van der Waals surface area contributed by atoms with Crippen molar-refractivity contribution >= 4 is 27.8 Å². The molecule has 0 aliphatic carbocycles. The zero-order valence-electron chi connectivity index (χ0n) is 21.9. The average molecular weight is 514 g/mol. The molecule has 8 nitrogen and oxygen atoms in total. The summed E-state index contributed by atoms with van der Waals surface area (Å²) in [5.74, 6) is 2.72. The van der Waals surface area contributed by atoms with Gasteiger partial charge in [-0.2, -0.15) is 0 Å². The fourth-order valence-corrected chi connectivity index (χ4v) is 6.03. The summed E-state index contributed by atoms with van der Waals surface area (Å²) < 4.78 is 11.2. The second-order valence-electron chi connectivity index (χ2n) is 10.5. The van der Waals surface area contributed by atoms with Gasteiger partial charge in [0.15, 0.2) is 0 Å². The number of benzene rings is 1. The molecule has 1 unspecified atom stereocenters. The van der Waals surface area contributed by atoms with Gasteiger partial charge in [-0.05, 0) is 86.7 Å². The van der Waals surface area contributed by atoms with Gasteiger partial charge in [0.05, 0.1) is 32.0 Å². The summed E-state index contributed by atoms with van der Waals surface area (Å²) >= 11 is 0. The Labute approximate surface area is 223 Å². The quantitative estimate of drug-likeness (QED) is 0.388. The second-order valence-corrected chi connectivity index (χ2v) is 10.5. The molecule has 3 aromatic heterocycles. The van der Waals surface area contributed by atoms with Gasteiger partial charge in [0, 0.05) is 42.2 Å². The summed E-state index contributed by atoms with van der Waals surface area (Å²) in [6.07, 6.45) is 9.91. The predicted molar refractivity (Wildman–Crippen MR) is 148 cm³/mol. The Hall–Kier alpha value is -3.65. The van der Waals surface area contributed by atoms with Crippen LogP contribution in [-0.2, 0) is 4.79 Å². The van der Waals surface area contributed by atoms with Crippen molar-refractivity contribution < 1.29 is 14.3 Å². The molecule has 198 valence electrons. The molecule has 2 saturated heterocycles. The van der Waals surface area contributed by atoms with E-state index in [4.69, 9.17) is 9.47 Å². The van der Waals surface area contributed by atoms with E-state index in [1.165, 1.54) is 10.9 Å². The third-order valence-electron chi connectivity index (χ3n) is 8.13. The van der Waals surface area contributed by atoms with E-state index in [2.05, 4.69) is 32.0 Å². The number of likely N-dealkylation sites (tertiary alicyclic amines) is 2. The van der Waals surface area contributed by atoms with E-state index in [1.807, 2.05) is 47.8 Å². The van der Waals surface area contributed by atoms with Gasteiger partial charge in [-0.3, -0.25) is 14.7 Å². The zero-order valence-corrected chi connectivity index (χ0v) is 21.9. The lowest BCUT2D eigenvalue weighted by Gasteiger charge is -2.36. The van der Waals surface area contributed by atoms with Gasteiger partial charge in [0.2, 0.25) is 5.91 Å². The number of piperidine rings is 2. The maximum Gasteiger partial charge on any atom is 0.236 e. The van der Waals surface area contributed by atoms with Gasteiger partial charge in [0.25, 0.3) is 0 Å². The van der Waals surface area contributed by atoms with E-state index in [-0.39, 0.29) is 5.91 Å². The van der Waals surface area contributed by atoms with E-state index >= 15 is 0 Å². The molecule has 1 N–H and O–H groups in total. The van der Waals surface area contributed by atoms with Crippen molar-refractivity contribution in [3.05, 3.63) is 60.6 Å². The molecule has 2 aliphatic rings. The normalized spacial score (nSPS) is 19.2. The van der Waals surface area contributed by atoms with Crippen molar-refractivity contribution in [1.82, 2.24) is 24.8 Å². The lowest BCUT2D eigenvalue weighted by atomic mass is 9.87. The predicted octanol–water partition coefficient (Wildman–Crippen LogP) is 4.62. The number of carbonyl (C=O) groups excluding carboxylic acids is 1. The number of H-pyrrole nitrogens is 1. The Morgan fingerprint density at radius 3 is 2.66 bits per heavy atom. The van der Waals surface area contributed by atoms with Crippen molar-refractivity contribution in [2.24, 2.45) is 5.92 Å². The van der Waals surface area contributed by atoms with Crippen molar-refractivity contribution in [3.8, 4) is 11.5 Å². The summed E-state index contributed by atoms with van der Waals surface area (Å²) in [5, 5.41) is 2.35. The van der Waals surface area contributed by atoms with Crippen LogP contribution in [0.15, 0.2) is 55.0 Å². The molecule has 2 fully saturated rings. The smallest absolute Gasteiger partial charge is 0.236 e. The third-order valence-corrected chi connectivity index (χ3v) is 8.13. The first-order valence-corrected chi connectivity index (χ1v) is 13.7. The van der Waals surface area contributed by atoms with E-state index in [0.717, 1.165) is 79.9 Å². The number of amides is 1. The second kappa shape index (κ2) is 11.0. The molecule has 8 heteroatoms. The Bertz CT molecular complexity index is 1390. The van der Waals surface area contributed by atoms with Gasteiger partial charge in [0.1, 0.15) is 17.1 Å². The van der Waals surface area contributed by atoms with Crippen molar-refractivity contribution in [1.29, 1.82) is 0 Å². The van der Waals surface area contributed by atoms with Gasteiger partial charge < -0.3 is 19.4 Å². The molecule has 0 spiro atoms. The maximum atomic E-state index is 13.2. The molecule has 0 saturated carbocycles. The van der Waals surface area contributed by atoms with Crippen LogP contribution in [-0.4, -0.2) is 77.1 Å². The Balaban J connectivity index is 1.02. The fourth-order valence-electron chi connectivity index (χ4n) is 6.03. The minimum atomic E-state index is 0.243. The van der Waals surface area contributed by atoms with Crippen LogP contribution < -0.4 is 9.47 Å². The summed E-state index contributed by atoms with van der Waals surface area (Å²) in [6, 6.07) is 11.9. The van der Waals surface area contributed by atoms with Crippen molar-refractivity contribution in [3.63, 3.8) is 0 Å². The SMILES string of the molecule is COc1ccc(OCC2CCCN(C(=O)CN3CCC(c4ccnc5cnc6[nH]ccc6c45)CC3)C2)cc1. The highest BCUT2D eigenvalue weighted by Gasteiger charge is 2.28. The highest BCUT2D eigenvalue weighted by molar-refractivity contribution is 6.05. The number of hydrogen-bond donors (Lipinski definition) is 1. The maximum absolute atomic E-state index is 13.2. The van der Waals surface area contributed by atoms with Crippen LogP contribution in [0.3, 0.4) is 0 Å². The number of rotatable bonds is 7. The molecule has 2 aliphatic heterocycles. The number of methoxy groups -OCH3 is 1.